The maximum absolute atomic E-state index is 10.2. The topological polar surface area (TPSA) is 44.7 Å². The average molecular weight is 250 g/mol. The van der Waals surface area contributed by atoms with Gasteiger partial charge in [-0.3, -0.25) is 4.90 Å². The zero-order valence-electron chi connectivity index (χ0n) is 10.9. The van der Waals surface area contributed by atoms with Crippen LogP contribution in [-0.2, 0) is 0 Å². The highest BCUT2D eigenvalue weighted by atomic mass is 16.5. The molecule has 2 N–H and O–H groups in total. The maximum atomic E-state index is 10.2. The normalized spacial score (nSPS) is 18.6. The number of piperazine rings is 1. The van der Waals surface area contributed by atoms with Crippen LogP contribution in [0.5, 0.6) is 5.75 Å². The first kappa shape index (κ1) is 13.3. The van der Waals surface area contributed by atoms with Crippen LogP contribution in [0.4, 0.5) is 0 Å². The number of hydrogen-bond donors (Lipinski definition) is 2. The molecule has 0 bridgehead atoms. The Labute approximate surface area is 109 Å². The first-order valence-electron chi connectivity index (χ1n) is 6.63. The lowest BCUT2D eigenvalue weighted by Gasteiger charge is -2.29. The number of nitrogens with one attached hydrogen (secondary N) is 1. The van der Waals surface area contributed by atoms with E-state index in [1.807, 2.05) is 31.2 Å². The van der Waals surface area contributed by atoms with E-state index in [4.69, 9.17) is 4.74 Å². The fraction of sp³-hybridized carbons (Fsp3) is 0.571. The van der Waals surface area contributed by atoms with Crippen molar-refractivity contribution >= 4 is 0 Å². The molecular formula is C14H22N2O2. The van der Waals surface area contributed by atoms with Crippen molar-refractivity contribution in [2.24, 2.45) is 0 Å². The van der Waals surface area contributed by atoms with E-state index in [2.05, 4.69) is 10.2 Å². The predicted molar refractivity (Wildman–Crippen MR) is 71.9 cm³/mol. The van der Waals surface area contributed by atoms with Gasteiger partial charge in [-0.2, -0.15) is 0 Å². The van der Waals surface area contributed by atoms with Crippen LogP contribution in [0.25, 0.3) is 0 Å². The Morgan fingerprint density at radius 2 is 2.17 bits per heavy atom. The number of aliphatic hydroxyl groups excluding tert-OH is 1. The third-order valence-electron chi connectivity index (χ3n) is 3.19. The number of nitrogens with zero attached hydrogens (tertiary/aromatic N) is 1. The number of β-amino-alcohol motifs (C(OH)–C–C–N with tert-alkyl or cyclic N) is 1. The molecular weight excluding hydrogens is 228 g/mol. The zero-order chi connectivity index (χ0) is 12.8. The molecule has 0 aromatic heterocycles. The molecule has 0 saturated carbocycles. The van der Waals surface area contributed by atoms with Gasteiger partial charge in [0.05, 0.1) is 12.7 Å². The van der Waals surface area contributed by atoms with E-state index in [9.17, 15) is 5.11 Å². The van der Waals surface area contributed by atoms with Gasteiger partial charge >= 0.3 is 0 Å². The third-order valence-corrected chi connectivity index (χ3v) is 3.19. The van der Waals surface area contributed by atoms with E-state index >= 15 is 0 Å². The second-order valence-corrected chi connectivity index (χ2v) is 4.57. The highest BCUT2D eigenvalue weighted by Gasteiger charge is 2.15. The molecule has 0 amide bonds. The first-order chi connectivity index (χ1) is 8.79. The molecule has 1 aliphatic rings. The minimum Gasteiger partial charge on any atom is -0.494 e. The SMILES string of the molecule is CCOc1cccc(C(O)CN2CCNCC2)c1. The molecule has 1 fully saturated rings. The van der Waals surface area contributed by atoms with Gasteiger partial charge in [-0.1, -0.05) is 12.1 Å². The van der Waals surface area contributed by atoms with Gasteiger partial charge in [0.2, 0.25) is 0 Å². The van der Waals surface area contributed by atoms with E-state index in [1.165, 1.54) is 0 Å². The Morgan fingerprint density at radius 1 is 1.39 bits per heavy atom. The number of rotatable bonds is 5. The summed E-state index contributed by atoms with van der Waals surface area (Å²) in [7, 11) is 0. The van der Waals surface area contributed by atoms with Crippen molar-refractivity contribution in [3.8, 4) is 5.75 Å². The van der Waals surface area contributed by atoms with E-state index in [1.54, 1.807) is 0 Å². The van der Waals surface area contributed by atoms with Crippen molar-refractivity contribution in [3.63, 3.8) is 0 Å². The van der Waals surface area contributed by atoms with Crippen LogP contribution < -0.4 is 10.1 Å². The molecule has 4 heteroatoms. The van der Waals surface area contributed by atoms with Crippen molar-refractivity contribution in [3.05, 3.63) is 29.8 Å². The summed E-state index contributed by atoms with van der Waals surface area (Å²) in [6.45, 7) is 7.32. The molecule has 2 rings (SSSR count). The van der Waals surface area contributed by atoms with E-state index in [0.29, 0.717) is 13.2 Å². The van der Waals surface area contributed by atoms with Crippen LogP contribution in [0.1, 0.15) is 18.6 Å². The van der Waals surface area contributed by atoms with Crippen LogP contribution in [0.15, 0.2) is 24.3 Å². The molecule has 0 spiro atoms. The lowest BCUT2D eigenvalue weighted by atomic mass is 10.1. The van der Waals surface area contributed by atoms with Gasteiger partial charge in [0, 0.05) is 32.7 Å². The standard InChI is InChI=1S/C14H22N2O2/c1-2-18-13-5-3-4-12(10-13)14(17)11-16-8-6-15-7-9-16/h3-5,10,14-15,17H,2,6-9,11H2,1H3. The van der Waals surface area contributed by atoms with Crippen molar-refractivity contribution in [1.82, 2.24) is 10.2 Å². The second kappa shape index (κ2) is 6.73. The maximum Gasteiger partial charge on any atom is 0.119 e. The quantitative estimate of drug-likeness (QED) is 0.819. The van der Waals surface area contributed by atoms with Crippen molar-refractivity contribution in [2.75, 3.05) is 39.3 Å². The second-order valence-electron chi connectivity index (χ2n) is 4.57. The van der Waals surface area contributed by atoms with Crippen molar-refractivity contribution in [1.29, 1.82) is 0 Å². The molecule has 0 aliphatic carbocycles. The molecule has 1 unspecified atom stereocenters. The minimum absolute atomic E-state index is 0.441. The number of ether oxygens (including phenoxy) is 1. The third kappa shape index (κ3) is 3.70. The monoisotopic (exact) mass is 250 g/mol. The average Bonchev–Trinajstić information content (AvgIpc) is 2.40. The highest BCUT2D eigenvalue weighted by Crippen LogP contribution is 2.20. The van der Waals surface area contributed by atoms with Gasteiger partial charge in [0.15, 0.2) is 0 Å². The molecule has 1 atom stereocenters. The predicted octanol–water partition coefficient (Wildman–Crippen LogP) is 1.02. The van der Waals surface area contributed by atoms with Gasteiger partial charge in [-0.05, 0) is 24.6 Å². The summed E-state index contributed by atoms with van der Waals surface area (Å²) in [6.07, 6.45) is -0.441. The van der Waals surface area contributed by atoms with Crippen molar-refractivity contribution in [2.45, 2.75) is 13.0 Å². The Morgan fingerprint density at radius 3 is 2.89 bits per heavy atom. The Hall–Kier alpha value is -1.10. The van der Waals surface area contributed by atoms with Crippen LogP contribution in [0.2, 0.25) is 0 Å². The summed E-state index contributed by atoms with van der Waals surface area (Å²) in [5, 5.41) is 13.6. The van der Waals surface area contributed by atoms with Gasteiger partial charge in [-0.15, -0.1) is 0 Å². The molecule has 1 saturated heterocycles. The molecule has 0 radical (unpaired) electrons. The van der Waals surface area contributed by atoms with E-state index in [0.717, 1.165) is 37.5 Å². The Bertz CT molecular complexity index is 365. The van der Waals surface area contributed by atoms with Crippen molar-refractivity contribution < 1.29 is 9.84 Å². The molecule has 1 heterocycles. The summed E-state index contributed by atoms with van der Waals surface area (Å²) in [5.74, 6) is 0.828. The highest BCUT2D eigenvalue weighted by molar-refractivity contribution is 5.30. The number of hydrogen-bond acceptors (Lipinski definition) is 4. The summed E-state index contributed by atoms with van der Waals surface area (Å²) in [6, 6.07) is 7.73. The minimum atomic E-state index is -0.441. The Balaban J connectivity index is 1.94. The molecule has 1 aromatic carbocycles. The van der Waals surface area contributed by atoms with Gasteiger partial charge in [0.25, 0.3) is 0 Å². The van der Waals surface area contributed by atoms with Crippen LogP contribution in [-0.4, -0.2) is 49.3 Å². The Kier molecular flexibility index (Phi) is 4.99. The van der Waals surface area contributed by atoms with E-state index in [-0.39, 0.29) is 0 Å². The van der Waals surface area contributed by atoms with Gasteiger partial charge in [0.1, 0.15) is 5.75 Å². The largest absolute Gasteiger partial charge is 0.494 e. The van der Waals surface area contributed by atoms with Gasteiger partial charge in [-0.25, -0.2) is 0 Å². The fourth-order valence-corrected chi connectivity index (χ4v) is 2.22. The molecule has 4 nitrogen and oxygen atoms in total. The van der Waals surface area contributed by atoms with Crippen LogP contribution in [0, 0.1) is 0 Å². The van der Waals surface area contributed by atoms with E-state index < -0.39 is 6.10 Å². The number of benzene rings is 1. The smallest absolute Gasteiger partial charge is 0.119 e. The summed E-state index contributed by atoms with van der Waals surface area (Å²) in [4.78, 5) is 2.29. The summed E-state index contributed by atoms with van der Waals surface area (Å²) in [5.41, 5.74) is 0.930. The molecule has 18 heavy (non-hydrogen) atoms. The number of aliphatic hydroxyl groups is 1. The lowest BCUT2D eigenvalue weighted by Crippen LogP contribution is -2.44. The summed E-state index contributed by atoms with van der Waals surface area (Å²) >= 11 is 0. The van der Waals surface area contributed by atoms with Gasteiger partial charge < -0.3 is 15.2 Å². The fourth-order valence-electron chi connectivity index (χ4n) is 2.22. The first-order valence-corrected chi connectivity index (χ1v) is 6.63. The van der Waals surface area contributed by atoms with Crippen LogP contribution >= 0.6 is 0 Å². The van der Waals surface area contributed by atoms with Crippen LogP contribution in [0.3, 0.4) is 0 Å². The molecule has 1 aromatic rings. The molecule has 100 valence electrons. The summed E-state index contributed by atoms with van der Waals surface area (Å²) < 4.78 is 5.45. The zero-order valence-corrected chi connectivity index (χ0v) is 10.9. The lowest BCUT2D eigenvalue weighted by molar-refractivity contribution is 0.105. The molecule has 1 aliphatic heterocycles.